The molecule has 0 saturated heterocycles. The van der Waals surface area contributed by atoms with Crippen molar-refractivity contribution in [2.45, 2.75) is 38.4 Å². The van der Waals surface area contributed by atoms with E-state index in [9.17, 15) is 9.90 Å². The highest BCUT2D eigenvalue weighted by molar-refractivity contribution is 6.42. The van der Waals surface area contributed by atoms with E-state index in [0.29, 0.717) is 22.3 Å². The molecule has 0 heterocycles. The average molecular weight is 332 g/mol. The Morgan fingerprint density at radius 1 is 1.43 bits per heavy atom. The van der Waals surface area contributed by atoms with E-state index >= 15 is 0 Å². The maximum Gasteiger partial charge on any atom is 0.260 e. The van der Waals surface area contributed by atoms with Gasteiger partial charge in [-0.25, -0.2) is 0 Å². The van der Waals surface area contributed by atoms with E-state index in [1.165, 1.54) is 0 Å². The van der Waals surface area contributed by atoms with Crippen molar-refractivity contribution in [1.29, 1.82) is 0 Å². The first-order valence-corrected chi connectivity index (χ1v) is 7.80. The van der Waals surface area contributed by atoms with Crippen molar-refractivity contribution >= 4 is 29.1 Å². The molecule has 21 heavy (non-hydrogen) atoms. The first kappa shape index (κ1) is 16.4. The zero-order valence-electron chi connectivity index (χ0n) is 11.8. The molecule has 2 rings (SSSR count). The molecule has 1 fully saturated rings. The van der Waals surface area contributed by atoms with Crippen molar-refractivity contribution < 1.29 is 14.6 Å². The van der Waals surface area contributed by atoms with Crippen LogP contribution in [0.2, 0.25) is 10.0 Å². The third-order valence-corrected chi connectivity index (χ3v) is 4.47. The molecule has 2 N–H and O–H groups in total. The number of rotatable bonds is 5. The van der Waals surface area contributed by atoms with Gasteiger partial charge in [-0.15, -0.1) is 0 Å². The van der Waals surface area contributed by atoms with E-state index in [2.05, 4.69) is 5.32 Å². The van der Waals surface area contributed by atoms with Crippen LogP contribution in [0.25, 0.3) is 0 Å². The highest BCUT2D eigenvalue weighted by Crippen LogP contribution is 2.27. The topological polar surface area (TPSA) is 58.6 Å². The lowest BCUT2D eigenvalue weighted by atomic mass is 10.1. The zero-order chi connectivity index (χ0) is 15.4. The molecular weight excluding hydrogens is 313 g/mol. The third-order valence-electron chi connectivity index (χ3n) is 3.73. The van der Waals surface area contributed by atoms with Crippen LogP contribution < -0.4 is 10.1 Å². The molecule has 0 bridgehead atoms. The Balaban J connectivity index is 1.83. The number of ether oxygens (including phenoxy) is 1. The molecule has 0 aromatic heterocycles. The van der Waals surface area contributed by atoms with Crippen molar-refractivity contribution in [3.63, 3.8) is 0 Å². The number of hydrogen-bond acceptors (Lipinski definition) is 3. The fourth-order valence-corrected chi connectivity index (χ4v) is 2.73. The summed E-state index contributed by atoms with van der Waals surface area (Å²) in [6, 6.07) is 4.87. The molecule has 6 heteroatoms. The van der Waals surface area contributed by atoms with Crippen molar-refractivity contribution in [3.05, 3.63) is 28.2 Å². The summed E-state index contributed by atoms with van der Waals surface area (Å²) in [6.45, 7) is 2.15. The Kier molecular flexibility index (Phi) is 5.73. The number of nitrogens with one attached hydrogen (secondary N) is 1. The van der Waals surface area contributed by atoms with Crippen LogP contribution in [0.1, 0.15) is 26.2 Å². The van der Waals surface area contributed by atoms with Crippen LogP contribution in [-0.4, -0.2) is 29.8 Å². The number of aliphatic hydroxyl groups excluding tert-OH is 1. The van der Waals surface area contributed by atoms with Gasteiger partial charge in [-0.2, -0.15) is 0 Å². The molecule has 1 saturated carbocycles. The fraction of sp³-hybridized carbons (Fsp3) is 0.533. The number of carbonyl (C=O) groups excluding carboxylic acids is 1. The van der Waals surface area contributed by atoms with Crippen molar-refractivity contribution in [3.8, 4) is 5.75 Å². The molecule has 1 aromatic carbocycles. The van der Waals surface area contributed by atoms with Crippen molar-refractivity contribution in [2.24, 2.45) is 5.92 Å². The molecule has 1 aromatic rings. The minimum Gasteiger partial charge on any atom is -0.481 e. The maximum absolute atomic E-state index is 12.0. The lowest BCUT2D eigenvalue weighted by molar-refractivity contribution is -0.127. The van der Waals surface area contributed by atoms with Gasteiger partial charge >= 0.3 is 0 Å². The van der Waals surface area contributed by atoms with E-state index in [4.69, 9.17) is 27.9 Å². The standard InChI is InChI=1S/C15H19Cl2NO3/c1-9(21-11-5-6-12(16)13(17)7-11)15(20)18-8-10-3-2-4-14(10)19/h5-7,9-10,14,19H,2-4,8H2,1H3,(H,18,20). The van der Waals surface area contributed by atoms with E-state index in [1.807, 2.05) is 0 Å². The van der Waals surface area contributed by atoms with Crippen molar-refractivity contribution in [2.75, 3.05) is 6.54 Å². The summed E-state index contributed by atoms with van der Waals surface area (Å²) in [5, 5.41) is 13.4. The molecule has 0 radical (unpaired) electrons. The van der Waals surface area contributed by atoms with E-state index in [-0.39, 0.29) is 17.9 Å². The van der Waals surface area contributed by atoms with Crippen LogP contribution in [0, 0.1) is 5.92 Å². The first-order chi connectivity index (χ1) is 9.97. The highest BCUT2D eigenvalue weighted by Gasteiger charge is 2.26. The number of halogens is 2. The quantitative estimate of drug-likeness (QED) is 0.871. The predicted octanol–water partition coefficient (Wildman–Crippen LogP) is 3.04. The number of amides is 1. The smallest absolute Gasteiger partial charge is 0.260 e. The second-order valence-electron chi connectivity index (χ2n) is 5.34. The van der Waals surface area contributed by atoms with Crippen LogP contribution in [0.3, 0.4) is 0 Å². The maximum atomic E-state index is 12.0. The van der Waals surface area contributed by atoms with Gasteiger partial charge in [0.15, 0.2) is 6.10 Å². The lowest BCUT2D eigenvalue weighted by Gasteiger charge is -2.18. The van der Waals surface area contributed by atoms with Crippen LogP contribution in [-0.2, 0) is 4.79 Å². The predicted molar refractivity (Wildman–Crippen MR) is 82.9 cm³/mol. The van der Waals surface area contributed by atoms with E-state index in [0.717, 1.165) is 19.3 Å². The van der Waals surface area contributed by atoms with Gasteiger partial charge in [-0.3, -0.25) is 4.79 Å². The highest BCUT2D eigenvalue weighted by atomic mass is 35.5. The molecule has 1 aliphatic carbocycles. The van der Waals surface area contributed by atoms with E-state index in [1.54, 1.807) is 25.1 Å². The Hall–Kier alpha value is -0.970. The first-order valence-electron chi connectivity index (χ1n) is 7.05. The van der Waals surface area contributed by atoms with Gasteiger partial charge in [0, 0.05) is 18.5 Å². The van der Waals surface area contributed by atoms with Gasteiger partial charge in [-0.1, -0.05) is 29.6 Å². The zero-order valence-corrected chi connectivity index (χ0v) is 13.3. The van der Waals surface area contributed by atoms with Gasteiger partial charge in [0.05, 0.1) is 16.1 Å². The van der Waals surface area contributed by atoms with Gasteiger partial charge in [0.25, 0.3) is 5.91 Å². The Labute approximate surface area is 134 Å². The Morgan fingerprint density at radius 2 is 2.19 bits per heavy atom. The molecule has 0 aliphatic heterocycles. The largest absolute Gasteiger partial charge is 0.481 e. The summed E-state index contributed by atoms with van der Waals surface area (Å²) >= 11 is 11.7. The summed E-state index contributed by atoms with van der Waals surface area (Å²) in [4.78, 5) is 12.0. The van der Waals surface area contributed by atoms with Crippen LogP contribution >= 0.6 is 23.2 Å². The molecule has 0 spiro atoms. The number of benzene rings is 1. The molecular formula is C15H19Cl2NO3. The number of hydrogen-bond donors (Lipinski definition) is 2. The van der Waals surface area contributed by atoms with Gasteiger partial charge in [-0.05, 0) is 31.9 Å². The normalized spacial score (nSPS) is 22.9. The lowest BCUT2D eigenvalue weighted by Crippen LogP contribution is -2.40. The molecule has 116 valence electrons. The van der Waals surface area contributed by atoms with Gasteiger partial charge < -0.3 is 15.2 Å². The average Bonchev–Trinajstić information content (AvgIpc) is 2.85. The summed E-state index contributed by atoms with van der Waals surface area (Å²) in [6.07, 6.45) is 1.83. The van der Waals surface area contributed by atoms with Crippen LogP contribution in [0.15, 0.2) is 18.2 Å². The Morgan fingerprint density at radius 3 is 2.81 bits per heavy atom. The van der Waals surface area contributed by atoms with Gasteiger partial charge in [0.2, 0.25) is 0 Å². The molecule has 3 unspecified atom stereocenters. The van der Waals surface area contributed by atoms with Crippen LogP contribution in [0.4, 0.5) is 0 Å². The summed E-state index contributed by atoms with van der Waals surface area (Å²) in [5.74, 6) is 0.430. The third kappa shape index (κ3) is 4.50. The number of carbonyl (C=O) groups is 1. The van der Waals surface area contributed by atoms with Gasteiger partial charge in [0.1, 0.15) is 5.75 Å². The second kappa shape index (κ2) is 7.34. The van der Waals surface area contributed by atoms with E-state index < -0.39 is 6.10 Å². The molecule has 4 nitrogen and oxygen atoms in total. The minimum atomic E-state index is -0.638. The minimum absolute atomic E-state index is 0.145. The monoisotopic (exact) mass is 331 g/mol. The van der Waals surface area contributed by atoms with Crippen molar-refractivity contribution in [1.82, 2.24) is 5.32 Å². The fourth-order valence-electron chi connectivity index (χ4n) is 2.44. The molecule has 1 amide bonds. The second-order valence-corrected chi connectivity index (χ2v) is 6.15. The summed E-state index contributed by atoms with van der Waals surface area (Å²) in [7, 11) is 0. The van der Waals surface area contributed by atoms with Crippen LogP contribution in [0.5, 0.6) is 5.75 Å². The molecule has 3 atom stereocenters. The SMILES string of the molecule is CC(Oc1ccc(Cl)c(Cl)c1)C(=O)NCC1CCCC1O. The summed E-state index contributed by atoms with van der Waals surface area (Å²) in [5.41, 5.74) is 0. The number of aliphatic hydroxyl groups is 1. The molecule has 1 aliphatic rings. The Bertz CT molecular complexity index is 510. The summed E-state index contributed by atoms with van der Waals surface area (Å²) < 4.78 is 5.54.